The number of hydrogen-bond donors (Lipinski definition) is 3. The first-order chi connectivity index (χ1) is 9.62. The molecular weight excluding hydrogens is 260 g/mol. The number of methoxy groups -OCH3 is 2. The maximum absolute atomic E-state index is 11.3. The normalized spacial score (nSPS) is 10.2. The zero-order valence-corrected chi connectivity index (χ0v) is 12.2. The summed E-state index contributed by atoms with van der Waals surface area (Å²) in [5.74, 6) is 0.747. The number of ether oxygens (including phenoxy) is 2. The Morgan fingerprint density at radius 1 is 1.25 bits per heavy atom. The Hall–Kier alpha value is -1.95. The van der Waals surface area contributed by atoms with Crippen molar-refractivity contribution in [3.8, 4) is 17.2 Å². The van der Waals surface area contributed by atoms with Crippen LogP contribution >= 0.6 is 0 Å². The van der Waals surface area contributed by atoms with Crippen LogP contribution in [0.5, 0.6) is 17.2 Å². The fourth-order valence-corrected chi connectivity index (χ4v) is 1.77. The number of hydrogen-bond acceptors (Lipinski definition) is 5. The van der Waals surface area contributed by atoms with E-state index in [1.54, 1.807) is 12.1 Å². The Balaban J connectivity index is 2.53. The van der Waals surface area contributed by atoms with Gasteiger partial charge in [-0.2, -0.15) is 0 Å². The summed E-state index contributed by atoms with van der Waals surface area (Å²) in [6.45, 7) is 3.68. The minimum atomic E-state index is -0.0129. The number of aromatic hydroxyl groups is 1. The van der Waals surface area contributed by atoms with Gasteiger partial charge in [-0.1, -0.05) is 0 Å². The lowest BCUT2D eigenvalue weighted by Gasteiger charge is -2.11. The molecule has 0 fully saturated rings. The Labute approximate surface area is 119 Å². The summed E-state index contributed by atoms with van der Waals surface area (Å²) in [5, 5.41) is 15.7. The molecule has 0 aromatic heterocycles. The van der Waals surface area contributed by atoms with E-state index < -0.39 is 0 Å². The summed E-state index contributed by atoms with van der Waals surface area (Å²) in [5.41, 5.74) is 0.910. The number of phenols is 1. The molecule has 0 heterocycles. The summed E-state index contributed by atoms with van der Waals surface area (Å²) in [7, 11) is 2.97. The third-order valence-corrected chi connectivity index (χ3v) is 2.77. The van der Waals surface area contributed by atoms with E-state index in [1.807, 2.05) is 6.92 Å². The van der Waals surface area contributed by atoms with E-state index in [2.05, 4.69) is 10.6 Å². The molecule has 0 saturated heterocycles. The maximum Gasteiger partial charge on any atom is 0.221 e. The monoisotopic (exact) mass is 282 g/mol. The number of rotatable bonds is 8. The van der Waals surface area contributed by atoms with Crippen LogP contribution in [0.25, 0.3) is 0 Å². The fraction of sp³-hybridized carbons (Fsp3) is 0.500. The van der Waals surface area contributed by atoms with E-state index in [4.69, 9.17) is 9.47 Å². The molecule has 6 nitrogen and oxygen atoms in total. The maximum atomic E-state index is 11.3. The Morgan fingerprint density at radius 2 is 1.85 bits per heavy atom. The van der Waals surface area contributed by atoms with Crippen LogP contribution in [0.4, 0.5) is 0 Å². The van der Waals surface area contributed by atoms with Gasteiger partial charge in [0.05, 0.1) is 14.2 Å². The van der Waals surface area contributed by atoms with Crippen molar-refractivity contribution in [3.05, 3.63) is 17.7 Å². The van der Waals surface area contributed by atoms with E-state index >= 15 is 0 Å². The third kappa shape index (κ3) is 4.62. The van der Waals surface area contributed by atoms with Gasteiger partial charge >= 0.3 is 0 Å². The topological polar surface area (TPSA) is 79.8 Å². The van der Waals surface area contributed by atoms with Crippen molar-refractivity contribution in [2.45, 2.75) is 19.9 Å². The minimum Gasteiger partial charge on any atom is -0.502 e. The largest absolute Gasteiger partial charge is 0.502 e. The van der Waals surface area contributed by atoms with Gasteiger partial charge in [0, 0.05) is 26.1 Å². The highest BCUT2D eigenvalue weighted by Crippen LogP contribution is 2.36. The van der Waals surface area contributed by atoms with Gasteiger partial charge in [0.2, 0.25) is 11.7 Å². The van der Waals surface area contributed by atoms with Crippen LogP contribution in [-0.4, -0.2) is 38.3 Å². The molecular formula is C14H22N2O4. The number of benzene rings is 1. The second-order valence-corrected chi connectivity index (χ2v) is 4.23. The molecule has 0 aliphatic carbocycles. The summed E-state index contributed by atoms with van der Waals surface area (Å²) < 4.78 is 10.2. The predicted molar refractivity (Wildman–Crippen MR) is 76.2 cm³/mol. The van der Waals surface area contributed by atoms with Gasteiger partial charge in [-0.05, 0) is 24.6 Å². The van der Waals surface area contributed by atoms with Crippen molar-refractivity contribution in [2.24, 2.45) is 0 Å². The number of carbonyl (C=O) groups excluding carboxylic acids is 1. The van der Waals surface area contributed by atoms with Crippen molar-refractivity contribution >= 4 is 5.91 Å². The standard InChI is InChI=1S/C14H22N2O4/c1-4-16-13(17)5-6-15-9-10-7-11(19-2)14(18)12(8-10)20-3/h7-8,15,18H,4-6,9H2,1-3H3,(H,16,17). The highest BCUT2D eigenvalue weighted by Gasteiger charge is 2.10. The quantitative estimate of drug-likeness (QED) is 0.620. The lowest BCUT2D eigenvalue weighted by molar-refractivity contribution is -0.120. The van der Waals surface area contributed by atoms with E-state index in [9.17, 15) is 9.90 Å². The van der Waals surface area contributed by atoms with Crippen molar-refractivity contribution in [1.29, 1.82) is 0 Å². The van der Waals surface area contributed by atoms with Crippen molar-refractivity contribution in [2.75, 3.05) is 27.3 Å². The number of phenolic OH excluding ortho intramolecular Hbond substituents is 1. The van der Waals surface area contributed by atoms with Gasteiger partial charge < -0.3 is 25.2 Å². The Bertz CT molecular complexity index is 424. The lowest BCUT2D eigenvalue weighted by atomic mass is 10.1. The summed E-state index contributed by atoms with van der Waals surface area (Å²) in [6.07, 6.45) is 0.431. The molecule has 0 bridgehead atoms. The molecule has 20 heavy (non-hydrogen) atoms. The second-order valence-electron chi connectivity index (χ2n) is 4.23. The molecule has 1 aromatic rings. The molecule has 6 heteroatoms. The van der Waals surface area contributed by atoms with Crippen LogP contribution in [0.1, 0.15) is 18.9 Å². The molecule has 0 radical (unpaired) electrons. The third-order valence-electron chi connectivity index (χ3n) is 2.77. The Morgan fingerprint density at radius 3 is 2.35 bits per heavy atom. The van der Waals surface area contributed by atoms with Gasteiger partial charge in [0.15, 0.2) is 11.5 Å². The number of carbonyl (C=O) groups is 1. The van der Waals surface area contributed by atoms with Crippen molar-refractivity contribution in [3.63, 3.8) is 0 Å². The fourth-order valence-electron chi connectivity index (χ4n) is 1.77. The average molecular weight is 282 g/mol. The van der Waals surface area contributed by atoms with Crippen LogP contribution < -0.4 is 20.1 Å². The highest BCUT2D eigenvalue weighted by molar-refractivity contribution is 5.75. The molecule has 0 unspecified atom stereocenters. The second kappa shape index (κ2) is 8.27. The van der Waals surface area contributed by atoms with Crippen LogP contribution in [0, 0.1) is 0 Å². The van der Waals surface area contributed by atoms with Gasteiger partial charge in [0.25, 0.3) is 0 Å². The molecule has 3 N–H and O–H groups in total. The smallest absolute Gasteiger partial charge is 0.221 e. The molecule has 0 saturated carbocycles. The zero-order valence-electron chi connectivity index (χ0n) is 12.2. The Kier molecular flexibility index (Phi) is 6.66. The SMILES string of the molecule is CCNC(=O)CCNCc1cc(OC)c(O)c(OC)c1. The molecule has 1 amide bonds. The van der Waals surface area contributed by atoms with Crippen LogP contribution in [0.3, 0.4) is 0 Å². The predicted octanol–water partition coefficient (Wildman–Crippen LogP) is 1.03. The zero-order chi connectivity index (χ0) is 15.0. The molecule has 0 aliphatic heterocycles. The number of nitrogens with one attached hydrogen (secondary N) is 2. The van der Waals surface area contributed by atoms with Crippen LogP contribution in [0.2, 0.25) is 0 Å². The highest BCUT2D eigenvalue weighted by atomic mass is 16.5. The molecule has 0 spiro atoms. The van der Waals surface area contributed by atoms with Crippen LogP contribution in [0.15, 0.2) is 12.1 Å². The summed E-state index contributed by atoms with van der Waals surface area (Å²) in [4.78, 5) is 11.3. The van der Waals surface area contributed by atoms with E-state index in [-0.39, 0.29) is 11.7 Å². The molecule has 1 aromatic carbocycles. The number of amides is 1. The van der Waals surface area contributed by atoms with E-state index in [1.165, 1.54) is 14.2 Å². The van der Waals surface area contributed by atoms with Gasteiger partial charge in [-0.15, -0.1) is 0 Å². The first kappa shape index (κ1) is 16.1. The van der Waals surface area contributed by atoms with E-state index in [0.29, 0.717) is 37.6 Å². The lowest BCUT2D eigenvalue weighted by Crippen LogP contribution is -2.27. The molecule has 0 atom stereocenters. The summed E-state index contributed by atoms with van der Waals surface area (Å²) in [6, 6.07) is 3.47. The molecule has 1 rings (SSSR count). The summed E-state index contributed by atoms with van der Waals surface area (Å²) >= 11 is 0. The molecule has 0 aliphatic rings. The first-order valence-electron chi connectivity index (χ1n) is 6.53. The van der Waals surface area contributed by atoms with Gasteiger partial charge in [0.1, 0.15) is 0 Å². The van der Waals surface area contributed by atoms with Crippen molar-refractivity contribution < 1.29 is 19.4 Å². The van der Waals surface area contributed by atoms with Gasteiger partial charge in [-0.3, -0.25) is 4.79 Å². The first-order valence-corrected chi connectivity index (χ1v) is 6.53. The average Bonchev–Trinajstić information content (AvgIpc) is 2.45. The van der Waals surface area contributed by atoms with E-state index in [0.717, 1.165) is 5.56 Å². The van der Waals surface area contributed by atoms with Gasteiger partial charge in [-0.25, -0.2) is 0 Å². The molecule has 112 valence electrons. The minimum absolute atomic E-state index is 0.0129. The van der Waals surface area contributed by atoms with Crippen LogP contribution in [-0.2, 0) is 11.3 Å². The van der Waals surface area contributed by atoms with Crippen molar-refractivity contribution in [1.82, 2.24) is 10.6 Å².